The van der Waals surface area contributed by atoms with E-state index in [1.807, 2.05) is 11.8 Å². The number of carbonyl (C=O) groups excluding carboxylic acids is 2. The molecule has 2 atom stereocenters. The predicted octanol–water partition coefficient (Wildman–Crippen LogP) is 1.69. The van der Waals surface area contributed by atoms with Gasteiger partial charge in [0.2, 0.25) is 11.8 Å². The largest absolute Gasteiger partial charge is 0.396 e. The number of rotatable bonds is 6. The summed E-state index contributed by atoms with van der Waals surface area (Å²) in [6, 6.07) is 0.345. The maximum absolute atomic E-state index is 12.3. The highest BCUT2D eigenvalue weighted by atomic mass is 16.3. The number of carbonyl (C=O) groups is 2. The Hall–Kier alpha value is -1.10. The van der Waals surface area contributed by atoms with E-state index in [0.29, 0.717) is 25.4 Å². The highest BCUT2D eigenvalue weighted by Gasteiger charge is 2.38. The summed E-state index contributed by atoms with van der Waals surface area (Å²) in [5.41, 5.74) is 0. The molecular weight excluding hydrogens is 280 g/mol. The molecule has 1 saturated carbocycles. The highest BCUT2D eigenvalue weighted by Crippen LogP contribution is 2.31. The number of likely N-dealkylation sites (tertiary alicyclic amines) is 1. The zero-order chi connectivity index (χ0) is 16.1. The Morgan fingerprint density at radius 1 is 1.36 bits per heavy atom. The second kappa shape index (κ2) is 7.95. The van der Waals surface area contributed by atoms with Crippen molar-refractivity contribution in [2.75, 3.05) is 13.2 Å². The molecule has 1 aliphatic carbocycles. The maximum Gasteiger partial charge on any atom is 0.225 e. The van der Waals surface area contributed by atoms with E-state index >= 15 is 0 Å². The van der Waals surface area contributed by atoms with Crippen LogP contribution in [-0.4, -0.2) is 47.1 Å². The molecule has 2 unspecified atom stereocenters. The van der Waals surface area contributed by atoms with Gasteiger partial charge < -0.3 is 15.3 Å². The van der Waals surface area contributed by atoms with Gasteiger partial charge in [0.05, 0.1) is 5.92 Å². The topological polar surface area (TPSA) is 69.6 Å². The number of aliphatic hydroxyl groups excluding tert-OH is 1. The molecule has 1 heterocycles. The molecule has 0 radical (unpaired) electrons. The molecule has 0 aromatic rings. The van der Waals surface area contributed by atoms with Crippen LogP contribution in [0.3, 0.4) is 0 Å². The molecule has 0 bridgehead atoms. The minimum Gasteiger partial charge on any atom is -0.396 e. The Morgan fingerprint density at radius 2 is 2.05 bits per heavy atom. The van der Waals surface area contributed by atoms with Crippen molar-refractivity contribution in [3.8, 4) is 0 Å². The third-order valence-corrected chi connectivity index (χ3v) is 5.27. The molecule has 2 N–H and O–H groups in total. The maximum atomic E-state index is 12.3. The summed E-state index contributed by atoms with van der Waals surface area (Å²) in [7, 11) is 0. The van der Waals surface area contributed by atoms with Crippen molar-refractivity contribution in [3.05, 3.63) is 0 Å². The highest BCUT2D eigenvalue weighted by molar-refractivity contribution is 5.89. The van der Waals surface area contributed by atoms with Crippen LogP contribution < -0.4 is 5.32 Å². The lowest BCUT2D eigenvalue weighted by atomic mass is 9.87. The normalized spacial score (nSPS) is 30.4. The van der Waals surface area contributed by atoms with Crippen LogP contribution in [0.5, 0.6) is 0 Å². The zero-order valence-corrected chi connectivity index (χ0v) is 13.9. The second-order valence-electron chi connectivity index (χ2n) is 6.99. The van der Waals surface area contributed by atoms with Crippen molar-refractivity contribution < 1.29 is 14.7 Å². The standard InChI is InChI=1S/C17H30N2O3/c1-3-14(8-9-20)18-17(22)13-10-16(21)19(11-13)15-6-4-12(2)5-7-15/h12-15,20H,3-11H2,1-2H3,(H,18,22). The molecular formula is C17H30N2O3. The van der Waals surface area contributed by atoms with Crippen LogP contribution in [-0.2, 0) is 9.59 Å². The zero-order valence-electron chi connectivity index (χ0n) is 13.9. The van der Waals surface area contributed by atoms with Crippen LogP contribution in [0.1, 0.15) is 58.8 Å². The van der Waals surface area contributed by atoms with Crippen LogP contribution in [0.15, 0.2) is 0 Å². The molecule has 1 saturated heterocycles. The number of hydrogen-bond acceptors (Lipinski definition) is 3. The second-order valence-corrected chi connectivity index (χ2v) is 6.99. The van der Waals surface area contributed by atoms with Crippen molar-refractivity contribution in [1.29, 1.82) is 0 Å². The fraction of sp³-hybridized carbons (Fsp3) is 0.882. The van der Waals surface area contributed by atoms with Crippen LogP contribution in [0.4, 0.5) is 0 Å². The Balaban J connectivity index is 1.87. The SMILES string of the molecule is CCC(CCO)NC(=O)C1CC(=O)N(C2CCC(C)CC2)C1. The Kier molecular flexibility index (Phi) is 6.24. The minimum atomic E-state index is -0.223. The smallest absolute Gasteiger partial charge is 0.225 e. The van der Waals surface area contributed by atoms with E-state index < -0.39 is 0 Å². The first kappa shape index (κ1) is 17.3. The van der Waals surface area contributed by atoms with Crippen LogP contribution in [0.2, 0.25) is 0 Å². The van der Waals surface area contributed by atoms with E-state index in [-0.39, 0.29) is 30.4 Å². The van der Waals surface area contributed by atoms with E-state index in [4.69, 9.17) is 5.11 Å². The number of aliphatic hydroxyl groups is 1. The van der Waals surface area contributed by atoms with Crippen molar-refractivity contribution >= 4 is 11.8 Å². The van der Waals surface area contributed by atoms with Gasteiger partial charge in [-0.3, -0.25) is 9.59 Å². The van der Waals surface area contributed by atoms with Crippen LogP contribution >= 0.6 is 0 Å². The van der Waals surface area contributed by atoms with Gasteiger partial charge in [0.1, 0.15) is 0 Å². The Bertz CT molecular complexity index is 391. The van der Waals surface area contributed by atoms with Crippen molar-refractivity contribution in [2.45, 2.75) is 70.9 Å². The summed E-state index contributed by atoms with van der Waals surface area (Å²) in [5, 5.41) is 12.0. The first-order chi connectivity index (χ1) is 10.5. The average Bonchev–Trinajstić information content (AvgIpc) is 2.89. The van der Waals surface area contributed by atoms with Gasteiger partial charge in [-0.05, 0) is 44.4 Å². The van der Waals surface area contributed by atoms with E-state index in [1.54, 1.807) is 0 Å². The molecule has 2 amide bonds. The van der Waals surface area contributed by atoms with E-state index in [9.17, 15) is 9.59 Å². The number of nitrogens with zero attached hydrogens (tertiary/aromatic N) is 1. The summed E-state index contributed by atoms with van der Waals surface area (Å²) in [6.07, 6.45) is 6.23. The molecule has 0 spiro atoms. The lowest BCUT2D eigenvalue weighted by molar-refractivity contribution is -0.131. The van der Waals surface area contributed by atoms with Gasteiger partial charge in [-0.1, -0.05) is 13.8 Å². The Morgan fingerprint density at radius 3 is 2.64 bits per heavy atom. The third kappa shape index (κ3) is 4.22. The molecule has 126 valence electrons. The predicted molar refractivity (Wildman–Crippen MR) is 85.2 cm³/mol. The first-order valence-electron chi connectivity index (χ1n) is 8.75. The molecule has 5 nitrogen and oxygen atoms in total. The monoisotopic (exact) mass is 310 g/mol. The van der Waals surface area contributed by atoms with Crippen LogP contribution in [0.25, 0.3) is 0 Å². The fourth-order valence-corrected chi connectivity index (χ4v) is 3.67. The minimum absolute atomic E-state index is 0.0113. The molecule has 22 heavy (non-hydrogen) atoms. The molecule has 2 fully saturated rings. The quantitative estimate of drug-likeness (QED) is 0.784. The third-order valence-electron chi connectivity index (χ3n) is 5.27. The summed E-state index contributed by atoms with van der Waals surface area (Å²) < 4.78 is 0. The summed E-state index contributed by atoms with van der Waals surface area (Å²) in [5.74, 6) is 0.645. The van der Waals surface area contributed by atoms with Gasteiger partial charge in [-0.15, -0.1) is 0 Å². The van der Waals surface area contributed by atoms with Crippen molar-refractivity contribution in [3.63, 3.8) is 0 Å². The van der Waals surface area contributed by atoms with Gasteiger partial charge >= 0.3 is 0 Å². The van der Waals surface area contributed by atoms with Gasteiger partial charge in [0, 0.05) is 31.7 Å². The molecule has 0 aromatic heterocycles. The molecule has 2 aliphatic rings. The summed E-state index contributed by atoms with van der Waals surface area (Å²) in [4.78, 5) is 26.5. The van der Waals surface area contributed by atoms with Crippen LogP contribution in [0, 0.1) is 11.8 Å². The van der Waals surface area contributed by atoms with Gasteiger partial charge in [0.15, 0.2) is 0 Å². The lowest BCUT2D eigenvalue weighted by Crippen LogP contribution is -2.42. The van der Waals surface area contributed by atoms with E-state index in [2.05, 4.69) is 12.2 Å². The fourth-order valence-electron chi connectivity index (χ4n) is 3.67. The number of hydrogen-bond donors (Lipinski definition) is 2. The molecule has 2 rings (SSSR count). The van der Waals surface area contributed by atoms with Gasteiger partial charge in [-0.25, -0.2) is 0 Å². The average molecular weight is 310 g/mol. The molecule has 0 aromatic carbocycles. The number of nitrogens with one attached hydrogen (secondary N) is 1. The van der Waals surface area contributed by atoms with Crippen molar-refractivity contribution in [2.24, 2.45) is 11.8 Å². The van der Waals surface area contributed by atoms with Crippen molar-refractivity contribution in [1.82, 2.24) is 10.2 Å². The summed E-state index contributed by atoms with van der Waals surface area (Å²) in [6.45, 7) is 4.91. The molecule has 5 heteroatoms. The number of amides is 2. The first-order valence-corrected chi connectivity index (χ1v) is 8.75. The van der Waals surface area contributed by atoms with Gasteiger partial charge in [0.25, 0.3) is 0 Å². The van der Waals surface area contributed by atoms with Gasteiger partial charge in [-0.2, -0.15) is 0 Å². The summed E-state index contributed by atoms with van der Waals surface area (Å²) >= 11 is 0. The molecule has 1 aliphatic heterocycles. The Labute approximate surface area is 133 Å². The van der Waals surface area contributed by atoms with E-state index in [1.165, 1.54) is 12.8 Å². The lowest BCUT2D eigenvalue weighted by Gasteiger charge is -2.33. The van der Waals surface area contributed by atoms with E-state index in [0.717, 1.165) is 25.2 Å².